The van der Waals surface area contributed by atoms with E-state index in [1.54, 1.807) is 18.2 Å². The van der Waals surface area contributed by atoms with Gasteiger partial charge in [0, 0.05) is 10.6 Å². The van der Waals surface area contributed by atoms with Crippen LogP contribution in [0.5, 0.6) is 5.75 Å². The van der Waals surface area contributed by atoms with Gasteiger partial charge in [-0.25, -0.2) is 8.78 Å². The van der Waals surface area contributed by atoms with Crippen LogP contribution < -0.4 is 10.5 Å². The molecule has 0 saturated heterocycles. The van der Waals surface area contributed by atoms with E-state index in [1.807, 2.05) is 0 Å². The third kappa shape index (κ3) is 2.73. The molecule has 0 heterocycles. The quantitative estimate of drug-likeness (QED) is 0.861. The van der Waals surface area contributed by atoms with Gasteiger partial charge in [-0.15, -0.1) is 0 Å². The van der Waals surface area contributed by atoms with Crippen LogP contribution in [0.2, 0.25) is 0 Å². The highest BCUT2D eigenvalue weighted by Crippen LogP contribution is 2.36. The highest BCUT2D eigenvalue weighted by Gasteiger charge is 2.09. The van der Waals surface area contributed by atoms with Crippen molar-refractivity contribution in [2.75, 3.05) is 12.8 Å². The normalized spacial score (nSPS) is 10.4. The molecule has 0 unspecified atom stereocenters. The van der Waals surface area contributed by atoms with Crippen molar-refractivity contribution in [3.8, 4) is 5.75 Å². The molecule has 94 valence electrons. The first-order valence-electron chi connectivity index (χ1n) is 5.16. The van der Waals surface area contributed by atoms with Crippen LogP contribution in [0.4, 0.5) is 14.5 Å². The van der Waals surface area contributed by atoms with Gasteiger partial charge in [-0.05, 0) is 36.4 Å². The van der Waals surface area contributed by atoms with E-state index in [4.69, 9.17) is 10.5 Å². The van der Waals surface area contributed by atoms with E-state index in [0.29, 0.717) is 16.3 Å². The lowest BCUT2D eigenvalue weighted by atomic mass is 10.3. The maximum Gasteiger partial charge on any atom is 0.137 e. The van der Waals surface area contributed by atoms with Gasteiger partial charge in [0.1, 0.15) is 17.4 Å². The van der Waals surface area contributed by atoms with E-state index in [2.05, 4.69) is 0 Å². The zero-order chi connectivity index (χ0) is 13.1. The predicted molar refractivity (Wildman–Crippen MR) is 67.9 cm³/mol. The first-order valence-corrected chi connectivity index (χ1v) is 5.98. The topological polar surface area (TPSA) is 35.2 Å². The molecule has 0 aliphatic carbocycles. The summed E-state index contributed by atoms with van der Waals surface area (Å²) in [7, 11) is 1.53. The molecule has 0 aromatic heterocycles. The van der Waals surface area contributed by atoms with Crippen LogP contribution in [0.25, 0.3) is 0 Å². The van der Waals surface area contributed by atoms with Gasteiger partial charge in [0.15, 0.2) is 0 Å². The number of benzene rings is 2. The maximum absolute atomic E-state index is 13.5. The molecule has 0 saturated carbocycles. The maximum atomic E-state index is 13.5. The summed E-state index contributed by atoms with van der Waals surface area (Å²) in [5.41, 5.74) is 6.28. The summed E-state index contributed by atoms with van der Waals surface area (Å²) in [6, 6.07) is 8.37. The minimum atomic E-state index is -0.486. The van der Waals surface area contributed by atoms with Gasteiger partial charge in [-0.2, -0.15) is 0 Å². The standard InChI is InChI=1S/C13H11F2NOS/c1-17-9-3-5-11(16)13(7-9)18-12-6-8(14)2-4-10(12)15/h2-7H,16H2,1H3. The van der Waals surface area contributed by atoms with Crippen LogP contribution in [0.15, 0.2) is 46.2 Å². The molecular weight excluding hydrogens is 256 g/mol. The summed E-state index contributed by atoms with van der Waals surface area (Å²) in [6.45, 7) is 0. The van der Waals surface area contributed by atoms with Crippen molar-refractivity contribution < 1.29 is 13.5 Å². The van der Waals surface area contributed by atoms with Crippen molar-refractivity contribution in [2.45, 2.75) is 9.79 Å². The number of hydrogen-bond donors (Lipinski definition) is 1. The summed E-state index contributed by atoms with van der Waals surface area (Å²) in [5.74, 6) is -0.354. The lowest BCUT2D eigenvalue weighted by molar-refractivity contribution is 0.414. The molecule has 2 aromatic carbocycles. The molecule has 0 aliphatic rings. The second-order valence-electron chi connectivity index (χ2n) is 3.58. The summed E-state index contributed by atoms with van der Waals surface area (Å²) < 4.78 is 31.6. The average molecular weight is 267 g/mol. The van der Waals surface area contributed by atoms with E-state index < -0.39 is 11.6 Å². The Morgan fingerprint density at radius 3 is 2.56 bits per heavy atom. The van der Waals surface area contributed by atoms with Gasteiger partial charge in [0.25, 0.3) is 0 Å². The summed E-state index contributed by atoms with van der Waals surface area (Å²) in [6.07, 6.45) is 0. The summed E-state index contributed by atoms with van der Waals surface area (Å²) >= 11 is 1.06. The van der Waals surface area contributed by atoms with Gasteiger partial charge >= 0.3 is 0 Å². The Balaban J connectivity index is 2.36. The monoisotopic (exact) mass is 267 g/mol. The average Bonchev–Trinajstić information content (AvgIpc) is 2.36. The largest absolute Gasteiger partial charge is 0.497 e. The van der Waals surface area contributed by atoms with E-state index in [-0.39, 0.29) is 4.90 Å². The van der Waals surface area contributed by atoms with Gasteiger partial charge < -0.3 is 10.5 Å². The Hall–Kier alpha value is -1.75. The Morgan fingerprint density at radius 2 is 1.83 bits per heavy atom. The Kier molecular flexibility index (Phi) is 3.72. The van der Waals surface area contributed by atoms with Crippen LogP contribution in [-0.4, -0.2) is 7.11 Å². The van der Waals surface area contributed by atoms with Crippen molar-refractivity contribution in [3.05, 3.63) is 48.0 Å². The molecule has 2 nitrogen and oxygen atoms in total. The molecule has 0 radical (unpaired) electrons. The zero-order valence-electron chi connectivity index (χ0n) is 9.61. The number of rotatable bonds is 3. The zero-order valence-corrected chi connectivity index (χ0v) is 10.4. The van der Waals surface area contributed by atoms with Crippen LogP contribution in [0, 0.1) is 11.6 Å². The molecule has 0 aliphatic heterocycles. The molecule has 0 bridgehead atoms. The second kappa shape index (κ2) is 5.27. The number of ether oxygens (including phenoxy) is 1. The number of nitrogen functional groups attached to an aromatic ring is 1. The highest BCUT2D eigenvalue weighted by atomic mass is 32.2. The molecule has 18 heavy (non-hydrogen) atoms. The fraction of sp³-hybridized carbons (Fsp3) is 0.0769. The van der Waals surface area contributed by atoms with Crippen molar-refractivity contribution in [1.82, 2.24) is 0 Å². The fourth-order valence-electron chi connectivity index (χ4n) is 1.40. The number of methoxy groups -OCH3 is 1. The smallest absolute Gasteiger partial charge is 0.137 e. The van der Waals surface area contributed by atoms with E-state index in [1.165, 1.54) is 7.11 Å². The molecule has 0 fully saturated rings. The van der Waals surface area contributed by atoms with Crippen LogP contribution >= 0.6 is 11.8 Å². The summed E-state index contributed by atoms with van der Waals surface area (Å²) in [4.78, 5) is 0.814. The molecule has 5 heteroatoms. The minimum Gasteiger partial charge on any atom is -0.497 e. The Morgan fingerprint density at radius 1 is 1.06 bits per heavy atom. The molecule has 2 rings (SSSR count). The van der Waals surface area contributed by atoms with Gasteiger partial charge in [0.05, 0.1) is 12.0 Å². The van der Waals surface area contributed by atoms with Crippen molar-refractivity contribution in [3.63, 3.8) is 0 Å². The van der Waals surface area contributed by atoms with E-state index in [9.17, 15) is 8.78 Å². The SMILES string of the molecule is COc1ccc(N)c(Sc2cc(F)ccc2F)c1. The molecule has 0 spiro atoms. The first kappa shape index (κ1) is 12.7. The summed E-state index contributed by atoms with van der Waals surface area (Å²) in [5, 5.41) is 0. The highest BCUT2D eigenvalue weighted by molar-refractivity contribution is 7.99. The fourth-order valence-corrected chi connectivity index (χ4v) is 2.34. The Bertz CT molecular complexity index is 575. The molecule has 2 aromatic rings. The minimum absolute atomic E-state index is 0.190. The Labute approximate surface area is 108 Å². The van der Waals surface area contributed by atoms with Crippen LogP contribution in [0.1, 0.15) is 0 Å². The van der Waals surface area contributed by atoms with E-state index >= 15 is 0 Å². The van der Waals surface area contributed by atoms with Gasteiger partial charge in [0.2, 0.25) is 0 Å². The van der Waals surface area contributed by atoms with Crippen molar-refractivity contribution >= 4 is 17.4 Å². The van der Waals surface area contributed by atoms with Crippen molar-refractivity contribution in [1.29, 1.82) is 0 Å². The number of anilines is 1. The van der Waals surface area contributed by atoms with Gasteiger partial charge in [-0.1, -0.05) is 11.8 Å². The number of nitrogens with two attached hydrogens (primary N) is 1. The van der Waals surface area contributed by atoms with Crippen molar-refractivity contribution in [2.24, 2.45) is 0 Å². The molecular formula is C13H11F2NOS. The number of halogens is 2. The molecule has 0 atom stereocenters. The van der Waals surface area contributed by atoms with Crippen LogP contribution in [-0.2, 0) is 0 Å². The number of hydrogen-bond acceptors (Lipinski definition) is 3. The second-order valence-corrected chi connectivity index (χ2v) is 4.66. The molecule has 2 N–H and O–H groups in total. The van der Waals surface area contributed by atoms with Gasteiger partial charge in [-0.3, -0.25) is 0 Å². The first-order chi connectivity index (χ1) is 8.60. The molecule has 0 amide bonds. The lowest BCUT2D eigenvalue weighted by Gasteiger charge is -2.08. The third-order valence-corrected chi connectivity index (χ3v) is 3.44. The predicted octanol–water partition coefficient (Wildman–Crippen LogP) is 3.71. The van der Waals surface area contributed by atoms with Crippen LogP contribution in [0.3, 0.4) is 0 Å². The third-order valence-electron chi connectivity index (χ3n) is 2.33. The van der Waals surface area contributed by atoms with E-state index in [0.717, 1.165) is 30.0 Å². The lowest BCUT2D eigenvalue weighted by Crippen LogP contribution is -1.91.